The molecule has 1 unspecified atom stereocenters. The lowest BCUT2D eigenvalue weighted by atomic mass is 10.3. The maximum atomic E-state index is 12.4. The van der Waals surface area contributed by atoms with Crippen LogP contribution in [0.25, 0.3) is 0 Å². The molecule has 1 saturated heterocycles. The molecule has 5 nitrogen and oxygen atoms in total. The van der Waals surface area contributed by atoms with Gasteiger partial charge in [0.25, 0.3) is 0 Å². The number of nitrogens with one attached hydrogen (secondary N) is 1. The molecule has 1 rings (SSSR count). The first-order chi connectivity index (χ1) is 8.87. The summed E-state index contributed by atoms with van der Waals surface area (Å²) in [5, 5.41) is 2.85. The molecule has 114 valence electrons. The van der Waals surface area contributed by atoms with E-state index in [0.29, 0.717) is 25.7 Å². The zero-order valence-corrected chi connectivity index (χ0v) is 13.5. The average molecular weight is 291 g/mol. The third kappa shape index (κ3) is 5.02. The fourth-order valence-electron chi connectivity index (χ4n) is 2.29. The lowest BCUT2D eigenvalue weighted by Crippen LogP contribution is -2.52. The summed E-state index contributed by atoms with van der Waals surface area (Å²) in [5.41, 5.74) is 0. The molecule has 0 spiro atoms. The Morgan fingerprint density at radius 2 is 1.68 bits per heavy atom. The lowest BCUT2D eigenvalue weighted by Gasteiger charge is -2.35. The molecule has 1 atom stereocenters. The number of hydrogen-bond donors (Lipinski definition) is 1. The molecule has 1 N–H and O–H groups in total. The number of hydrogen-bond acceptors (Lipinski definition) is 4. The largest absolute Gasteiger partial charge is 0.313 e. The van der Waals surface area contributed by atoms with Crippen molar-refractivity contribution in [3.05, 3.63) is 0 Å². The fraction of sp³-hybridized carbons (Fsp3) is 1.00. The molecule has 0 aliphatic carbocycles. The van der Waals surface area contributed by atoms with Crippen molar-refractivity contribution >= 4 is 10.0 Å². The second kappa shape index (κ2) is 7.57. The summed E-state index contributed by atoms with van der Waals surface area (Å²) in [6.45, 7) is 12.6. The van der Waals surface area contributed by atoms with Gasteiger partial charge in [-0.3, -0.25) is 0 Å². The summed E-state index contributed by atoms with van der Waals surface area (Å²) < 4.78 is 26.5. The van der Waals surface area contributed by atoms with Crippen molar-refractivity contribution in [2.24, 2.45) is 0 Å². The average Bonchev–Trinajstić information content (AvgIpc) is 2.36. The van der Waals surface area contributed by atoms with Crippen molar-refractivity contribution in [3.8, 4) is 0 Å². The van der Waals surface area contributed by atoms with Crippen molar-refractivity contribution in [3.63, 3.8) is 0 Å². The van der Waals surface area contributed by atoms with Gasteiger partial charge in [0.15, 0.2) is 0 Å². The molecule has 0 radical (unpaired) electrons. The Kier molecular flexibility index (Phi) is 6.73. The number of sulfonamides is 1. The molecule has 1 aliphatic rings. The van der Waals surface area contributed by atoms with Crippen LogP contribution < -0.4 is 5.32 Å². The Bertz CT molecular complexity index is 349. The highest BCUT2D eigenvalue weighted by Gasteiger charge is 2.31. The van der Waals surface area contributed by atoms with Gasteiger partial charge in [0.2, 0.25) is 10.0 Å². The Balaban J connectivity index is 2.50. The van der Waals surface area contributed by atoms with Gasteiger partial charge in [0, 0.05) is 38.8 Å². The van der Waals surface area contributed by atoms with Gasteiger partial charge in [0.1, 0.15) is 0 Å². The summed E-state index contributed by atoms with van der Waals surface area (Å²) in [6.07, 6.45) is 1.13. The minimum atomic E-state index is -3.15. The lowest BCUT2D eigenvalue weighted by molar-refractivity contribution is 0.188. The van der Waals surface area contributed by atoms with Gasteiger partial charge >= 0.3 is 0 Å². The summed E-state index contributed by atoms with van der Waals surface area (Å²) in [7, 11) is -3.15. The Hall–Kier alpha value is -0.170. The molecule has 1 aliphatic heterocycles. The topological polar surface area (TPSA) is 52.7 Å². The second-order valence-electron chi connectivity index (χ2n) is 5.66. The molecular formula is C13H29N3O2S. The molecule has 0 saturated carbocycles. The van der Waals surface area contributed by atoms with E-state index in [1.807, 2.05) is 13.8 Å². The molecule has 6 heteroatoms. The van der Waals surface area contributed by atoms with E-state index in [2.05, 4.69) is 17.1 Å². The van der Waals surface area contributed by atoms with Gasteiger partial charge < -0.3 is 10.2 Å². The first-order valence-corrected chi connectivity index (χ1v) is 8.83. The highest BCUT2D eigenvalue weighted by Crippen LogP contribution is 2.12. The van der Waals surface area contributed by atoms with Gasteiger partial charge in [-0.1, -0.05) is 20.8 Å². The van der Waals surface area contributed by atoms with E-state index in [9.17, 15) is 8.42 Å². The molecular weight excluding hydrogens is 262 g/mol. The highest BCUT2D eigenvalue weighted by molar-refractivity contribution is 7.89. The molecule has 0 bridgehead atoms. The standard InChI is InChI=1S/C13H29N3O2S/c1-5-6-15-7-9-16(10-8-15)19(17,18)13(4)11-14-12(2)3/h12-14H,5-11H2,1-4H3. The fourth-order valence-corrected chi connectivity index (χ4v) is 3.77. The van der Waals surface area contributed by atoms with Gasteiger partial charge in [-0.15, -0.1) is 0 Å². The predicted molar refractivity (Wildman–Crippen MR) is 79.8 cm³/mol. The van der Waals surface area contributed by atoms with E-state index in [-0.39, 0.29) is 5.25 Å². The van der Waals surface area contributed by atoms with Crippen LogP contribution >= 0.6 is 0 Å². The van der Waals surface area contributed by atoms with Crippen molar-refractivity contribution in [2.75, 3.05) is 39.3 Å². The van der Waals surface area contributed by atoms with E-state index < -0.39 is 10.0 Å². The second-order valence-corrected chi connectivity index (χ2v) is 8.01. The van der Waals surface area contributed by atoms with E-state index in [0.717, 1.165) is 26.1 Å². The van der Waals surface area contributed by atoms with E-state index in [4.69, 9.17) is 0 Å². The van der Waals surface area contributed by atoms with Crippen LogP contribution in [0, 0.1) is 0 Å². The third-order valence-electron chi connectivity index (χ3n) is 3.55. The molecule has 19 heavy (non-hydrogen) atoms. The minimum absolute atomic E-state index is 0.319. The third-order valence-corrected chi connectivity index (χ3v) is 5.82. The zero-order valence-electron chi connectivity index (χ0n) is 12.7. The van der Waals surface area contributed by atoms with Crippen LogP contribution in [0.4, 0.5) is 0 Å². The van der Waals surface area contributed by atoms with Crippen LogP contribution in [0.1, 0.15) is 34.1 Å². The maximum Gasteiger partial charge on any atom is 0.218 e. The first kappa shape index (κ1) is 16.9. The van der Waals surface area contributed by atoms with Gasteiger partial charge in [-0.2, -0.15) is 4.31 Å². The maximum absolute atomic E-state index is 12.4. The number of nitrogens with zero attached hydrogens (tertiary/aromatic N) is 2. The summed E-state index contributed by atoms with van der Waals surface area (Å²) >= 11 is 0. The van der Waals surface area contributed by atoms with Crippen LogP contribution in [0.2, 0.25) is 0 Å². The van der Waals surface area contributed by atoms with Gasteiger partial charge in [0.05, 0.1) is 5.25 Å². The summed E-state index contributed by atoms with van der Waals surface area (Å²) in [5.74, 6) is 0. The van der Waals surface area contributed by atoms with Crippen LogP contribution in [-0.4, -0.2) is 68.2 Å². The van der Waals surface area contributed by atoms with E-state index in [1.165, 1.54) is 0 Å². The van der Waals surface area contributed by atoms with Gasteiger partial charge in [-0.05, 0) is 19.9 Å². The van der Waals surface area contributed by atoms with E-state index >= 15 is 0 Å². The van der Waals surface area contributed by atoms with Crippen LogP contribution in [-0.2, 0) is 10.0 Å². The highest BCUT2D eigenvalue weighted by atomic mass is 32.2. The van der Waals surface area contributed by atoms with Crippen molar-refractivity contribution in [1.29, 1.82) is 0 Å². The molecule has 0 aromatic rings. The zero-order chi connectivity index (χ0) is 14.5. The van der Waals surface area contributed by atoms with Crippen molar-refractivity contribution in [2.45, 2.75) is 45.4 Å². The number of piperazine rings is 1. The van der Waals surface area contributed by atoms with Crippen molar-refractivity contribution < 1.29 is 8.42 Å². The van der Waals surface area contributed by atoms with Crippen LogP contribution in [0.15, 0.2) is 0 Å². The Morgan fingerprint density at radius 1 is 1.11 bits per heavy atom. The molecule has 1 heterocycles. The molecule has 0 aromatic carbocycles. The monoisotopic (exact) mass is 291 g/mol. The summed E-state index contributed by atoms with van der Waals surface area (Å²) in [4.78, 5) is 2.34. The first-order valence-electron chi connectivity index (χ1n) is 7.32. The normalized spacial score (nSPS) is 20.9. The number of rotatable bonds is 7. The molecule has 0 amide bonds. The summed E-state index contributed by atoms with van der Waals surface area (Å²) in [6, 6.07) is 0.319. The quantitative estimate of drug-likeness (QED) is 0.751. The van der Waals surface area contributed by atoms with Crippen LogP contribution in [0.5, 0.6) is 0 Å². The Morgan fingerprint density at radius 3 is 2.16 bits per heavy atom. The molecule has 1 fully saturated rings. The smallest absolute Gasteiger partial charge is 0.218 e. The van der Waals surface area contributed by atoms with Gasteiger partial charge in [-0.25, -0.2) is 8.42 Å². The van der Waals surface area contributed by atoms with Crippen LogP contribution in [0.3, 0.4) is 0 Å². The van der Waals surface area contributed by atoms with Crippen molar-refractivity contribution in [1.82, 2.24) is 14.5 Å². The predicted octanol–water partition coefficient (Wildman–Crippen LogP) is 0.730. The Labute approximate surface area is 118 Å². The van der Waals surface area contributed by atoms with E-state index in [1.54, 1.807) is 11.2 Å². The molecule has 0 aromatic heterocycles. The minimum Gasteiger partial charge on any atom is -0.313 e. The SMILES string of the molecule is CCCN1CCN(S(=O)(=O)C(C)CNC(C)C)CC1.